The van der Waals surface area contributed by atoms with Crippen molar-refractivity contribution in [3.63, 3.8) is 0 Å². The monoisotopic (exact) mass is 252 g/mol. The van der Waals surface area contributed by atoms with Gasteiger partial charge >= 0.3 is 12.1 Å². The molecule has 1 aromatic carbocycles. The van der Waals surface area contributed by atoms with E-state index in [1.165, 1.54) is 0 Å². The number of rotatable bonds is 3. The van der Waals surface area contributed by atoms with Gasteiger partial charge in [-0.1, -0.05) is 31.5 Å². The van der Waals surface area contributed by atoms with E-state index in [4.69, 9.17) is 0 Å². The molecule has 0 unspecified atom stereocenters. The van der Waals surface area contributed by atoms with E-state index in [0.717, 1.165) is 5.56 Å². The summed E-state index contributed by atoms with van der Waals surface area (Å²) in [5.74, 6) is -0.554. The van der Waals surface area contributed by atoms with Crippen molar-refractivity contribution in [1.29, 1.82) is 0 Å². The van der Waals surface area contributed by atoms with E-state index in [9.17, 15) is 9.59 Å². The Morgan fingerprint density at radius 1 is 1.11 bits per heavy atom. The summed E-state index contributed by atoms with van der Waals surface area (Å²) in [5, 5.41) is 0. The van der Waals surface area contributed by atoms with E-state index < -0.39 is 12.1 Å². The molecule has 0 aliphatic heterocycles. The van der Waals surface area contributed by atoms with Crippen LogP contribution in [0.3, 0.4) is 0 Å². The molecule has 18 heavy (non-hydrogen) atoms. The molecule has 0 saturated heterocycles. The van der Waals surface area contributed by atoms with Gasteiger partial charge in [0.25, 0.3) is 0 Å². The maximum Gasteiger partial charge on any atom is 0.549 e. The lowest BCUT2D eigenvalue weighted by atomic mass is 10.2. The summed E-state index contributed by atoms with van der Waals surface area (Å²) >= 11 is 0. The lowest BCUT2D eigenvalue weighted by Gasteiger charge is -2.06. The number of benzene rings is 1. The minimum absolute atomic E-state index is 0.186. The van der Waals surface area contributed by atoms with Crippen molar-refractivity contribution >= 4 is 12.1 Å². The highest BCUT2D eigenvalue weighted by molar-refractivity contribution is 5.89. The highest BCUT2D eigenvalue weighted by Crippen LogP contribution is 2.05. The maximum atomic E-state index is 11.4. The summed E-state index contributed by atoms with van der Waals surface area (Å²) in [5.41, 5.74) is 1.32. The van der Waals surface area contributed by atoms with E-state index in [1.54, 1.807) is 24.3 Å². The van der Waals surface area contributed by atoms with Gasteiger partial charge in [0.1, 0.15) is 0 Å². The molecule has 0 N–H and O–H groups in total. The third-order valence-electron chi connectivity index (χ3n) is 2.01. The molecule has 0 aromatic heterocycles. The number of carbonyl (C=O) groups excluding carboxylic acids is 2. The Hall–Kier alpha value is -2.04. The molecule has 5 nitrogen and oxygen atoms in total. The fourth-order valence-corrected chi connectivity index (χ4v) is 1.07. The Balaban J connectivity index is 2.37. The Bertz CT molecular complexity index is 408. The molecule has 0 aliphatic rings. The van der Waals surface area contributed by atoms with Crippen LogP contribution in [0.4, 0.5) is 4.79 Å². The van der Waals surface area contributed by atoms with E-state index in [-0.39, 0.29) is 12.5 Å². The van der Waals surface area contributed by atoms with Crippen LogP contribution in [0.15, 0.2) is 24.3 Å². The zero-order valence-corrected chi connectivity index (χ0v) is 10.6. The van der Waals surface area contributed by atoms with Crippen LogP contribution in [0.5, 0.6) is 0 Å². The zero-order valence-electron chi connectivity index (χ0n) is 10.6. The summed E-state index contributed by atoms with van der Waals surface area (Å²) < 4.78 is 4.67. The molecular formula is C13H16O5. The van der Waals surface area contributed by atoms with Gasteiger partial charge in [-0.2, -0.15) is 4.79 Å². The van der Waals surface area contributed by atoms with Crippen molar-refractivity contribution in [1.82, 2.24) is 0 Å². The Morgan fingerprint density at radius 3 is 2.28 bits per heavy atom. The molecule has 98 valence electrons. The zero-order chi connectivity index (χ0) is 13.5. The van der Waals surface area contributed by atoms with Crippen molar-refractivity contribution in [3.05, 3.63) is 35.4 Å². The van der Waals surface area contributed by atoms with Gasteiger partial charge in [-0.25, -0.2) is 14.6 Å². The minimum atomic E-state index is -1.02. The van der Waals surface area contributed by atoms with Gasteiger partial charge in [-0.3, -0.25) is 0 Å². The van der Waals surface area contributed by atoms with Gasteiger partial charge in [-0.15, -0.1) is 0 Å². The molecule has 0 bridgehead atoms. The lowest BCUT2D eigenvalue weighted by Crippen LogP contribution is -2.15. The van der Waals surface area contributed by atoms with Crippen LogP contribution < -0.4 is 0 Å². The molecule has 0 amide bonds. The average molecular weight is 252 g/mol. The summed E-state index contributed by atoms with van der Waals surface area (Å²) in [4.78, 5) is 31.0. The Kier molecular flexibility index (Phi) is 5.17. The van der Waals surface area contributed by atoms with Gasteiger partial charge in [0.15, 0.2) is 0 Å². The highest BCUT2D eigenvalue weighted by atomic mass is 17.2. The number of aryl methyl sites for hydroxylation is 1. The van der Waals surface area contributed by atoms with E-state index in [1.807, 2.05) is 20.8 Å². The standard InChI is InChI=1S/C13H16O5/c1-9(2)8-16-13(15)18-17-12(14)11-6-4-10(3)5-7-11/h4-7,9H,8H2,1-3H3. The molecule has 0 radical (unpaired) electrons. The summed E-state index contributed by atoms with van der Waals surface area (Å²) in [6.07, 6.45) is -1.02. The maximum absolute atomic E-state index is 11.4. The Morgan fingerprint density at radius 2 is 1.72 bits per heavy atom. The van der Waals surface area contributed by atoms with Crippen LogP contribution in [0.1, 0.15) is 29.8 Å². The highest BCUT2D eigenvalue weighted by Gasteiger charge is 2.13. The molecule has 0 spiro atoms. The van der Waals surface area contributed by atoms with E-state index in [0.29, 0.717) is 5.56 Å². The van der Waals surface area contributed by atoms with Crippen LogP contribution in [-0.2, 0) is 14.5 Å². The van der Waals surface area contributed by atoms with Gasteiger partial charge < -0.3 is 4.74 Å². The fourth-order valence-electron chi connectivity index (χ4n) is 1.07. The number of carbonyl (C=O) groups is 2. The second kappa shape index (κ2) is 6.64. The second-order valence-corrected chi connectivity index (χ2v) is 4.28. The molecule has 0 atom stereocenters. The summed E-state index contributed by atoms with van der Waals surface area (Å²) in [7, 11) is 0. The number of hydrogen-bond acceptors (Lipinski definition) is 5. The summed E-state index contributed by atoms with van der Waals surface area (Å²) in [6, 6.07) is 6.68. The fraction of sp³-hybridized carbons (Fsp3) is 0.385. The first kappa shape index (κ1) is 14.0. The smallest absolute Gasteiger partial charge is 0.431 e. The van der Waals surface area contributed by atoms with Gasteiger partial charge in [0.05, 0.1) is 12.2 Å². The molecular weight excluding hydrogens is 236 g/mol. The van der Waals surface area contributed by atoms with Gasteiger partial charge in [0, 0.05) is 0 Å². The van der Waals surface area contributed by atoms with Crippen LogP contribution in [-0.4, -0.2) is 18.7 Å². The van der Waals surface area contributed by atoms with Crippen molar-refractivity contribution < 1.29 is 24.1 Å². The van der Waals surface area contributed by atoms with Crippen LogP contribution >= 0.6 is 0 Å². The first-order valence-corrected chi connectivity index (χ1v) is 5.61. The molecule has 0 aliphatic carbocycles. The predicted molar refractivity (Wildman–Crippen MR) is 63.9 cm³/mol. The number of ether oxygens (including phenoxy) is 1. The lowest BCUT2D eigenvalue weighted by molar-refractivity contribution is -0.203. The molecule has 5 heteroatoms. The first-order chi connectivity index (χ1) is 8.49. The van der Waals surface area contributed by atoms with Crippen molar-refractivity contribution in [2.45, 2.75) is 20.8 Å². The van der Waals surface area contributed by atoms with Crippen molar-refractivity contribution in [3.8, 4) is 0 Å². The molecule has 0 fully saturated rings. The summed E-state index contributed by atoms with van der Waals surface area (Å²) in [6.45, 7) is 5.87. The third-order valence-corrected chi connectivity index (χ3v) is 2.01. The van der Waals surface area contributed by atoms with E-state index >= 15 is 0 Å². The predicted octanol–water partition coefficient (Wildman–Crippen LogP) is 2.88. The van der Waals surface area contributed by atoms with Crippen LogP contribution in [0.2, 0.25) is 0 Å². The SMILES string of the molecule is Cc1ccc(C(=O)OOC(=O)OCC(C)C)cc1. The van der Waals surface area contributed by atoms with Gasteiger partial charge in [0.2, 0.25) is 0 Å². The van der Waals surface area contributed by atoms with Crippen molar-refractivity contribution in [2.75, 3.05) is 6.61 Å². The van der Waals surface area contributed by atoms with Crippen molar-refractivity contribution in [2.24, 2.45) is 5.92 Å². The topological polar surface area (TPSA) is 61.8 Å². The second-order valence-electron chi connectivity index (χ2n) is 4.28. The minimum Gasteiger partial charge on any atom is -0.431 e. The first-order valence-electron chi connectivity index (χ1n) is 5.61. The molecule has 1 rings (SSSR count). The van der Waals surface area contributed by atoms with E-state index in [2.05, 4.69) is 14.5 Å². The largest absolute Gasteiger partial charge is 0.549 e. The normalized spacial score (nSPS) is 10.0. The molecule has 0 heterocycles. The number of hydrogen-bond donors (Lipinski definition) is 0. The quantitative estimate of drug-likeness (QED) is 0.470. The Labute approximate surface area is 106 Å². The molecule has 1 aromatic rings. The van der Waals surface area contributed by atoms with Gasteiger partial charge in [-0.05, 0) is 25.0 Å². The van der Waals surface area contributed by atoms with Crippen LogP contribution in [0, 0.1) is 12.8 Å². The van der Waals surface area contributed by atoms with Crippen LogP contribution in [0.25, 0.3) is 0 Å². The third kappa shape index (κ3) is 4.86. The molecule has 0 saturated carbocycles. The average Bonchev–Trinajstić information content (AvgIpc) is 2.34.